The first-order valence-electron chi connectivity index (χ1n) is 12.3. The van der Waals surface area contributed by atoms with Crippen LogP contribution >= 0.6 is 0 Å². The van der Waals surface area contributed by atoms with Crippen molar-refractivity contribution in [3.63, 3.8) is 0 Å². The number of phenolic OH excluding ortho intramolecular Hbond substituents is 1. The van der Waals surface area contributed by atoms with Gasteiger partial charge in [0.05, 0.1) is 18.4 Å². The highest BCUT2D eigenvalue weighted by molar-refractivity contribution is 5.99. The Morgan fingerprint density at radius 1 is 1.06 bits per heavy atom. The molecule has 3 aliphatic rings. The summed E-state index contributed by atoms with van der Waals surface area (Å²) in [6.07, 6.45) is 7.41. The number of hydrogen-bond acceptors (Lipinski definition) is 4. The van der Waals surface area contributed by atoms with E-state index in [4.69, 9.17) is 4.74 Å². The molecular weight excluding hydrogens is 412 g/mol. The molecule has 172 valence electrons. The first-order valence-corrected chi connectivity index (χ1v) is 12.3. The van der Waals surface area contributed by atoms with Crippen LogP contribution in [0.15, 0.2) is 36.4 Å². The van der Waals surface area contributed by atoms with Gasteiger partial charge in [-0.1, -0.05) is 25.3 Å². The van der Waals surface area contributed by atoms with E-state index in [1.54, 1.807) is 0 Å². The average molecular weight is 445 g/mol. The molecule has 1 aromatic heterocycles. The Morgan fingerprint density at radius 3 is 2.67 bits per heavy atom. The van der Waals surface area contributed by atoms with Crippen LogP contribution in [0.1, 0.15) is 72.0 Å². The summed E-state index contributed by atoms with van der Waals surface area (Å²) in [4.78, 5) is 14.8. The lowest BCUT2D eigenvalue weighted by Crippen LogP contribution is -2.22. The highest BCUT2D eigenvalue weighted by Gasteiger charge is 2.40. The van der Waals surface area contributed by atoms with E-state index < -0.39 is 0 Å². The Kier molecular flexibility index (Phi) is 4.98. The number of phenols is 1. The Labute approximate surface area is 195 Å². The van der Waals surface area contributed by atoms with Crippen LogP contribution in [-0.2, 0) is 11.3 Å². The first kappa shape index (κ1) is 20.8. The Balaban J connectivity index is 1.67. The van der Waals surface area contributed by atoms with E-state index in [0.29, 0.717) is 29.2 Å². The van der Waals surface area contributed by atoms with Gasteiger partial charge in [-0.3, -0.25) is 4.90 Å². The molecular formula is C28H32N2O3. The molecule has 2 aliphatic heterocycles. The third kappa shape index (κ3) is 3.20. The Morgan fingerprint density at radius 2 is 1.88 bits per heavy atom. The highest BCUT2D eigenvalue weighted by atomic mass is 16.5. The van der Waals surface area contributed by atoms with Gasteiger partial charge in [-0.05, 0) is 86.1 Å². The van der Waals surface area contributed by atoms with Gasteiger partial charge in [-0.15, -0.1) is 0 Å². The molecule has 0 unspecified atom stereocenters. The second-order valence-electron chi connectivity index (χ2n) is 10.2. The molecule has 3 heterocycles. The molecule has 3 aromatic rings. The molecule has 0 radical (unpaired) electrons. The normalized spacial score (nSPS) is 23.1. The van der Waals surface area contributed by atoms with Crippen LogP contribution < -0.4 is 0 Å². The molecule has 33 heavy (non-hydrogen) atoms. The fraction of sp³-hybridized carbons (Fsp3) is 0.464. The van der Waals surface area contributed by atoms with E-state index in [1.165, 1.54) is 67.0 Å². The van der Waals surface area contributed by atoms with Crippen molar-refractivity contribution >= 4 is 16.9 Å². The predicted octanol–water partition coefficient (Wildman–Crippen LogP) is 5.85. The number of aromatic hydroxyl groups is 1. The van der Waals surface area contributed by atoms with Gasteiger partial charge >= 0.3 is 5.97 Å². The maximum absolute atomic E-state index is 12.4. The first-order chi connectivity index (χ1) is 16.1. The zero-order valence-electron chi connectivity index (χ0n) is 19.5. The summed E-state index contributed by atoms with van der Waals surface area (Å²) in [7, 11) is 3.65. The largest absolute Gasteiger partial charge is 0.508 e. The van der Waals surface area contributed by atoms with Crippen LogP contribution in [0, 0.1) is 5.92 Å². The Hall–Kier alpha value is -2.79. The fourth-order valence-corrected chi connectivity index (χ4v) is 6.86. The third-order valence-corrected chi connectivity index (χ3v) is 8.34. The maximum atomic E-state index is 12.4. The molecule has 0 amide bonds. The summed E-state index contributed by atoms with van der Waals surface area (Å²) in [5.74, 6) is 1.04. The van der Waals surface area contributed by atoms with Crippen molar-refractivity contribution in [2.24, 2.45) is 5.92 Å². The number of carbonyl (C=O) groups excluding carboxylic acids is 1. The molecule has 2 aromatic carbocycles. The van der Waals surface area contributed by atoms with Crippen LogP contribution in [0.4, 0.5) is 0 Å². The molecule has 5 nitrogen and oxygen atoms in total. The van der Waals surface area contributed by atoms with Crippen molar-refractivity contribution < 1.29 is 14.6 Å². The monoisotopic (exact) mass is 444 g/mol. The lowest BCUT2D eigenvalue weighted by Gasteiger charge is -2.26. The van der Waals surface area contributed by atoms with Crippen LogP contribution in [0.2, 0.25) is 0 Å². The number of carbonyl (C=O) groups is 1. The summed E-state index contributed by atoms with van der Waals surface area (Å²) in [6, 6.07) is 12.3. The number of esters is 1. The molecule has 1 aliphatic carbocycles. The highest BCUT2D eigenvalue weighted by Crippen LogP contribution is 2.51. The number of rotatable bonds is 2. The minimum Gasteiger partial charge on any atom is -0.508 e. The number of hydrogen-bond donors (Lipinski definition) is 1. The minimum absolute atomic E-state index is 0.288. The van der Waals surface area contributed by atoms with Crippen LogP contribution in [0.25, 0.3) is 22.2 Å². The zero-order chi connectivity index (χ0) is 22.7. The van der Waals surface area contributed by atoms with E-state index in [-0.39, 0.29) is 5.97 Å². The molecule has 1 saturated heterocycles. The molecule has 0 spiro atoms. The van der Waals surface area contributed by atoms with Crippen LogP contribution in [0.5, 0.6) is 5.75 Å². The quantitative estimate of drug-likeness (QED) is 0.504. The van der Waals surface area contributed by atoms with Crippen molar-refractivity contribution in [2.45, 2.75) is 57.0 Å². The van der Waals surface area contributed by atoms with Crippen molar-refractivity contribution in [3.05, 3.63) is 53.1 Å². The summed E-state index contributed by atoms with van der Waals surface area (Å²) in [6.45, 7) is 1.98. The van der Waals surface area contributed by atoms with E-state index in [9.17, 15) is 9.90 Å². The minimum atomic E-state index is -0.288. The summed E-state index contributed by atoms with van der Waals surface area (Å²) in [5.41, 5.74) is 6.98. The van der Waals surface area contributed by atoms with E-state index in [1.807, 2.05) is 24.3 Å². The molecule has 0 bridgehead atoms. The molecule has 1 saturated carbocycles. The molecule has 2 fully saturated rings. The standard InChI is InChI=1S/C28H32N2O3/c1-29-13-12-19-16-30-24-14-18(28(32)33-2)8-10-22(24)25(17-6-4-3-5-7-17)27(30)21-11-9-20(31)15-23(21)26(19)29/h8-11,14-15,17,19,26,31H,3-7,12-13,16H2,1-2H3/t19-,26-/m0/s1. The molecule has 1 N–H and O–H groups in total. The molecule has 6 rings (SSSR count). The Bertz CT molecular complexity index is 1240. The van der Waals surface area contributed by atoms with Gasteiger partial charge in [0.1, 0.15) is 5.75 Å². The SMILES string of the molecule is COC(=O)c1ccc2c(C3CCCCC3)c3n(c2c1)C[C@@H]1CCN(C)[C@@H]1c1cc(O)ccc1-3. The molecule has 2 atom stereocenters. The molecule has 5 heteroatoms. The predicted molar refractivity (Wildman–Crippen MR) is 130 cm³/mol. The average Bonchev–Trinajstić information content (AvgIpc) is 3.31. The number of likely N-dealkylation sites (tertiary alicyclic amines) is 1. The second-order valence-corrected chi connectivity index (χ2v) is 10.2. The number of aromatic nitrogens is 1. The van der Waals surface area contributed by atoms with Gasteiger partial charge in [0.25, 0.3) is 0 Å². The lowest BCUT2D eigenvalue weighted by atomic mass is 9.81. The second kappa shape index (κ2) is 7.91. The number of nitrogens with zero attached hydrogens (tertiary/aromatic N) is 2. The summed E-state index contributed by atoms with van der Waals surface area (Å²) in [5, 5.41) is 11.7. The topological polar surface area (TPSA) is 54.7 Å². The van der Waals surface area contributed by atoms with Gasteiger partial charge in [0, 0.05) is 29.1 Å². The van der Waals surface area contributed by atoms with Gasteiger partial charge < -0.3 is 14.4 Å². The van der Waals surface area contributed by atoms with Gasteiger partial charge in [0.2, 0.25) is 0 Å². The van der Waals surface area contributed by atoms with Gasteiger partial charge in [-0.2, -0.15) is 0 Å². The maximum Gasteiger partial charge on any atom is 0.337 e. The van der Waals surface area contributed by atoms with E-state index in [2.05, 4.69) is 28.6 Å². The number of methoxy groups -OCH3 is 1. The van der Waals surface area contributed by atoms with Crippen LogP contribution in [0.3, 0.4) is 0 Å². The lowest BCUT2D eigenvalue weighted by molar-refractivity contribution is 0.0601. The van der Waals surface area contributed by atoms with E-state index >= 15 is 0 Å². The number of ether oxygens (including phenoxy) is 1. The number of benzene rings is 2. The van der Waals surface area contributed by atoms with Gasteiger partial charge in [-0.25, -0.2) is 4.79 Å². The zero-order valence-corrected chi connectivity index (χ0v) is 19.5. The summed E-state index contributed by atoms with van der Waals surface area (Å²) < 4.78 is 7.54. The van der Waals surface area contributed by atoms with Crippen molar-refractivity contribution in [2.75, 3.05) is 20.7 Å². The smallest absolute Gasteiger partial charge is 0.337 e. The van der Waals surface area contributed by atoms with E-state index in [0.717, 1.165) is 25.0 Å². The summed E-state index contributed by atoms with van der Waals surface area (Å²) >= 11 is 0. The van der Waals surface area contributed by atoms with Gasteiger partial charge in [0.15, 0.2) is 0 Å². The fourth-order valence-electron chi connectivity index (χ4n) is 6.86. The third-order valence-electron chi connectivity index (χ3n) is 8.34. The van der Waals surface area contributed by atoms with Crippen molar-refractivity contribution in [1.82, 2.24) is 9.47 Å². The van der Waals surface area contributed by atoms with Crippen LogP contribution in [-0.4, -0.2) is 41.2 Å². The van der Waals surface area contributed by atoms with Crippen molar-refractivity contribution in [1.29, 1.82) is 0 Å². The van der Waals surface area contributed by atoms with Crippen molar-refractivity contribution in [3.8, 4) is 17.0 Å². The number of fused-ring (bicyclic) bond motifs is 7.